The number of anilines is 1. The molecule has 0 spiro atoms. The maximum Gasteiger partial charge on any atom is 0.264 e. The summed E-state index contributed by atoms with van der Waals surface area (Å²) in [5.74, 6) is 4.89. The van der Waals surface area contributed by atoms with Gasteiger partial charge in [-0.05, 0) is 13.0 Å². The number of amides is 1. The van der Waals surface area contributed by atoms with Gasteiger partial charge in [0, 0.05) is 23.9 Å². The Morgan fingerprint density at radius 3 is 2.67 bits per heavy atom. The van der Waals surface area contributed by atoms with Crippen LogP contribution >= 0.6 is 0 Å². The molecule has 24 heavy (non-hydrogen) atoms. The number of nitrogens with one attached hydrogen (secondary N) is 2. The topological polar surface area (TPSA) is 102 Å². The molecule has 0 atom stereocenters. The smallest absolute Gasteiger partial charge is 0.264 e. The van der Waals surface area contributed by atoms with Crippen molar-refractivity contribution in [1.82, 2.24) is 15.4 Å². The molecule has 0 saturated heterocycles. The number of ether oxygens (including phenoxy) is 1. The summed E-state index contributed by atoms with van der Waals surface area (Å²) in [6, 6.07) is 4.73. The molecule has 0 aliphatic carbocycles. The van der Waals surface area contributed by atoms with Crippen LogP contribution in [-0.4, -0.2) is 23.4 Å². The van der Waals surface area contributed by atoms with Crippen molar-refractivity contribution in [3.63, 3.8) is 0 Å². The number of carbonyl (C=O) groups excluding carboxylic acids is 1. The number of nitrogens with two attached hydrogens (primary N) is 1. The second-order valence-electron chi connectivity index (χ2n) is 4.47. The Kier molecular flexibility index (Phi) is 8.06. The zero-order valence-corrected chi connectivity index (χ0v) is 13.3. The van der Waals surface area contributed by atoms with E-state index in [0.717, 1.165) is 0 Å². The van der Waals surface area contributed by atoms with Crippen molar-refractivity contribution < 1.29 is 18.3 Å². The number of nitrogens with zero attached hydrogens (tertiary/aromatic N) is 2. The second-order valence-corrected chi connectivity index (χ2v) is 4.47. The SMILES string of the molecule is CNc1cccc(C(F)F)c1COc1cncnc1C.NNC=O. The third kappa shape index (κ3) is 5.43. The minimum Gasteiger partial charge on any atom is -0.485 e. The Hall–Kier alpha value is -2.81. The predicted octanol–water partition coefficient (Wildman–Crippen LogP) is 1.95. The summed E-state index contributed by atoms with van der Waals surface area (Å²) in [6.07, 6.45) is 0.788. The van der Waals surface area contributed by atoms with Gasteiger partial charge in [-0.2, -0.15) is 0 Å². The van der Waals surface area contributed by atoms with Gasteiger partial charge in [-0.3, -0.25) is 10.2 Å². The highest BCUT2D eigenvalue weighted by Gasteiger charge is 2.16. The van der Waals surface area contributed by atoms with Gasteiger partial charge in [0.15, 0.2) is 5.75 Å². The summed E-state index contributed by atoms with van der Waals surface area (Å²) in [4.78, 5) is 16.8. The number of rotatable bonds is 6. The summed E-state index contributed by atoms with van der Waals surface area (Å²) in [5, 5.41) is 2.90. The fraction of sp³-hybridized carbons (Fsp3) is 0.267. The number of alkyl halides is 2. The lowest BCUT2D eigenvalue weighted by atomic mass is 10.1. The molecule has 2 aromatic rings. The summed E-state index contributed by atoms with van der Waals surface area (Å²) in [6.45, 7) is 1.81. The molecule has 0 fully saturated rings. The van der Waals surface area contributed by atoms with Gasteiger partial charge in [0.1, 0.15) is 12.9 Å². The average molecular weight is 339 g/mol. The first kappa shape index (κ1) is 19.2. The summed E-state index contributed by atoms with van der Waals surface area (Å²) < 4.78 is 31.6. The van der Waals surface area contributed by atoms with Crippen molar-refractivity contribution in [2.45, 2.75) is 20.0 Å². The first-order valence-electron chi connectivity index (χ1n) is 6.92. The molecule has 9 heteroatoms. The average Bonchev–Trinajstić information content (AvgIpc) is 2.60. The first-order chi connectivity index (χ1) is 11.5. The molecule has 4 N–H and O–H groups in total. The molecular formula is C15H19F2N5O2. The zero-order chi connectivity index (χ0) is 17.9. The van der Waals surface area contributed by atoms with Crippen molar-refractivity contribution in [2.24, 2.45) is 5.84 Å². The molecule has 1 heterocycles. The zero-order valence-electron chi connectivity index (χ0n) is 13.3. The molecule has 0 saturated carbocycles. The fourth-order valence-electron chi connectivity index (χ4n) is 1.87. The van der Waals surface area contributed by atoms with E-state index in [9.17, 15) is 8.78 Å². The van der Waals surface area contributed by atoms with Gasteiger partial charge in [-0.15, -0.1) is 0 Å². The molecule has 0 aliphatic rings. The summed E-state index contributed by atoms with van der Waals surface area (Å²) in [7, 11) is 1.69. The number of carbonyl (C=O) groups is 1. The van der Waals surface area contributed by atoms with Gasteiger partial charge in [0.2, 0.25) is 6.41 Å². The lowest BCUT2D eigenvalue weighted by Crippen LogP contribution is -2.18. The van der Waals surface area contributed by atoms with E-state index in [4.69, 9.17) is 9.53 Å². The van der Waals surface area contributed by atoms with E-state index in [-0.39, 0.29) is 12.2 Å². The van der Waals surface area contributed by atoms with Crippen LogP contribution in [0.25, 0.3) is 0 Å². The van der Waals surface area contributed by atoms with E-state index < -0.39 is 6.43 Å². The van der Waals surface area contributed by atoms with Crippen LogP contribution in [0.15, 0.2) is 30.7 Å². The van der Waals surface area contributed by atoms with Crippen molar-refractivity contribution in [3.8, 4) is 5.75 Å². The number of aryl methyl sites for hydroxylation is 1. The van der Waals surface area contributed by atoms with E-state index in [1.54, 1.807) is 31.5 Å². The van der Waals surface area contributed by atoms with E-state index >= 15 is 0 Å². The maximum atomic E-state index is 13.0. The van der Waals surface area contributed by atoms with Gasteiger partial charge in [0.25, 0.3) is 6.43 Å². The molecule has 1 aromatic carbocycles. The largest absolute Gasteiger partial charge is 0.485 e. The lowest BCUT2D eigenvalue weighted by Gasteiger charge is -2.15. The van der Waals surface area contributed by atoms with Crippen LogP contribution in [0, 0.1) is 6.92 Å². The van der Waals surface area contributed by atoms with Crippen LogP contribution in [0.2, 0.25) is 0 Å². The Labute approximate surface area is 138 Å². The number of hydrogen-bond donors (Lipinski definition) is 3. The van der Waals surface area contributed by atoms with Crippen LogP contribution in [0.4, 0.5) is 14.5 Å². The standard InChI is InChI=1S/C14H15F2N3O.CH4N2O/c1-9-13(6-18-8-19-9)20-7-11-10(14(15)16)4-3-5-12(11)17-2;2-3-1-4/h3-6,8,14,17H,7H2,1-2H3;1H,2H2,(H,3,4). The molecule has 0 unspecified atom stereocenters. The Balaban J connectivity index is 0.000000648. The molecule has 0 aliphatic heterocycles. The number of halogens is 2. The monoisotopic (exact) mass is 339 g/mol. The van der Waals surface area contributed by atoms with E-state index in [0.29, 0.717) is 29.1 Å². The molecular weight excluding hydrogens is 320 g/mol. The lowest BCUT2D eigenvalue weighted by molar-refractivity contribution is -0.109. The molecule has 7 nitrogen and oxygen atoms in total. The fourth-order valence-corrected chi connectivity index (χ4v) is 1.87. The Bertz CT molecular complexity index is 656. The summed E-state index contributed by atoms with van der Waals surface area (Å²) in [5.41, 5.74) is 3.44. The molecule has 130 valence electrons. The quantitative estimate of drug-likeness (QED) is 0.322. The predicted molar refractivity (Wildman–Crippen MR) is 85.4 cm³/mol. The van der Waals surface area contributed by atoms with E-state index in [1.807, 2.05) is 0 Å². The minimum atomic E-state index is -2.55. The van der Waals surface area contributed by atoms with Crippen LogP contribution in [-0.2, 0) is 11.4 Å². The van der Waals surface area contributed by atoms with Crippen molar-refractivity contribution in [3.05, 3.63) is 47.5 Å². The van der Waals surface area contributed by atoms with Gasteiger partial charge >= 0.3 is 0 Å². The Morgan fingerprint density at radius 1 is 1.42 bits per heavy atom. The summed E-state index contributed by atoms with van der Waals surface area (Å²) >= 11 is 0. The number of benzene rings is 1. The number of aromatic nitrogens is 2. The normalized spacial score (nSPS) is 9.75. The van der Waals surface area contributed by atoms with Gasteiger partial charge < -0.3 is 10.1 Å². The Morgan fingerprint density at radius 2 is 2.12 bits per heavy atom. The molecule has 0 radical (unpaired) electrons. The molecule has 1 amide bonds. The van der Waals surface area contributed by atoms with Gasteiger partial charge in [-0.1, -0.05) is 12.1 Å². The molecule has 1 aromatic heterocycles. The highest BCUT2D eigenvalue weighted by atomic mass is 19.3. The number of hydrazine groups is 1. The number of hydrogen-bond acceptors (Lipinski definition) is 6. The van der Waals surface area contributed by atoms with Crippen LogP contribution < -0.4 is 21.3 Å². The highest BCUT2D eigenvalue weighted by molar-refractivity contribution is 5.54. The van der Waals surface area contributed by atoms with E-state index in [2.05, 4.69) is 21.1 Å². The highest BCUT2D eigenvalue weighted by Crippen LogP contribution is 2.29. The van der Waals surface area contributed by atoms with Crippen molar-refractivity contribution in [1.29, 1.82) is 0 Å². The minimum absolute atomic E-state index is 0.0326. The third-order valence-electron chi connectivity index (χ3n) is 3.02. The van der Waals surface area contributed by atoms with Crippen LogP contribution in [0.3, 0.4) is 0 Å². The van der Waals surface area contributed by atoms with Crippen molar-refractivity contribution >= 4 is 12.1 Å². The van der Waals surface area contributed by atoms with Crippen LogP contribution in [0.5, 0.6) is 5.75 Å². The molecule has 2 rings (SSSR count). The third-order valence-corrected chi connectivity index (χ3v) is 3.02. The first-order valence-corrected chi connectivity index (χ1v) is 6.92. The van der Waals surface area contributed by atoms with Crippen LogP contribution in [0.1, 0.15) is 23.2 Å². The van der Waals surface area contributed by atoms with Crippen molar-refractivity contribution in [2.75, 3.05) is 12.4 Å². The van der Waals surface area contributed by atoms with Gasteiger partial charge in [0.05, 0.1) is 11.9 Å². The second kappa shape index (κ2) is 10.1. The molecule has 0 bridgehead atoms. The maximum absolute atomic E-state index is 13.0. The van der Waals surface area contributed by atoms with E-state index in [1.165, 1.54) is 18.6 Å². The van der Waals surface area contributed by atoms with Gasteiger partial charge in [-0.25, -0.2) is 24.6 Å².